The van der Waals surface area contributed by atoms with Crippen LogP contribution in [0.2, 0.25) is 0 Å². The summed E-state index contributed by atoms with van der Waals surface area (Å²) in [6, 6.07) is 0. The van der Waals surface area contributed by atoms with Crippen LogP contribution in [0.25, 0.3) is 0 Å². The summed E-state index contributed by atoms with van der Waals surface area (Å²) in [6.07, 6.45) is -21.4. The van der Waals surface area contributed by atoms with Gasteiger partial charge < -0.3 is 14.0 Å². The molecule has 0 aliphatic heterocycles. The van der Waals surface area contributed by atoms with Gasteiger partial charge in [-0.3, -0.25) is 0 Å². The van der Waals surface area contributed by atoms with E-state index < -0.39 is 81.2 Å². The maximum Gasteiger partial charge on any atom is 0.640 e. The smallest absolute Gasteiger partial charge is 0.379 e. The largest absolute Gasteiger partial charge is 0.640 e. The van der Waals surface area contributed by atoms with Crippen LogP contribution in [-0.2, 0) is 14.0 Å². The molecule has 0 atom stereocenters. The van der Waals surface area contributed by atoms with Gasteiger partial charge in [0.25, 0.3) is 0 Å². The van der Waals surface area contributed by atoms with Crippen LogP contribution < -0.4 is 0 Å². The highest BCUT2D eigenvalue weighted by atomic mass is 19.4. The molecule has 0 aliphatic rings. The molecule has 25 heteroatoms. The molecule has 0 aromatic heterocycles. The van der Waals surface area contributed by atoms with E-state index in [1.165, 1.54) is 0 Å². The third-order valence-electron chi connectivity index (χ3n) is 3.65. The van der Waals surface area contributed by atoms with Gasteiger partial charge in [0.2, 0.25) is 0 Å². The average molecular weight is 608 g/mol. The standard InChI is InChI=1S/C12H6BF21O3/c14-4(15,7(20,21)10(26,27)28)1-35-13(36-2-5(16,17)8(22,23)11(29,30)31)37-3-6(18,19)9(24,25)12(32,33)34/h1-3H2. The van der Waals surface area contributed by atoms with Gasteiger partial charge in [0.05, 0.1) is 0 Å². The van der Waals surface area contributed by atoms with Crippen molar-refractivity contribution in [3.8, 4) is 0 Å². The van der Waals surface area contributed by atoms with E-state index in [1.54, 1.807) is 0 Å². The molecule has 0 rings (SSSR count). The number of rotatable bonds is 12. The van der Waals surface area contributed by atoms with Gasteiger partial charge in [0.15, 0.2) is 0 Å². The Morgan fingerprint density at radius 2 is 0.486 bits per heavy atom. The van der Waals surface area contributed by atoms with Crippen molar-refractivity contribution in [3.05, 3.63) is 0 Å². The van der Waals surface area contributed by atoms with Crippen molar-refractivity contribution in [1.82, 2.24) is 0 Å². The highest BCUT2D eigenvalue weighted by Gasteiger charge is 2.75. The fourth-order valence-corrected chi connectivity index (χ4v) is 1.56. The van der Waals surface area contributed by atoms with E-state index >= 15 is 0 Å². The molecule has 0 heterocycles. The minimum absolute atomic E-state index is 3.08. The third kappa shape index (κ3) is 7.32. The Labute approximate surface area is 188 Å². The summed E-state index contributed by atoms with van der Waals surface area (Å²) in [4.78, 5) is 0. The van der Waals surface area contributed by atoms with Crippen LogP contribution in [0.15, 0.2) is 0 Å². The van der Waals surface area contributed by atoms with Gasteiger partial charge in [-0.15, -0.1) is 0 Å². The second-order valence-corrected chi connectivity index (χ2v) is 6.55. The quantitative estimate of drug-likeness (QED) is 0.187. The van der Waals surface area contributed by atoms with E-state index in [2.05, 4.69) is 14.0 Å². The summed E-state index contributed by atoms with van der Waals surface area (Å²) in [5, 5.41) is 0. The van der Waals surface area contributed by atoms with Gasteiger partial charge in [0, 0.05) is 0 Å². The molecule has 0 fully saturated rings. The van der Waals surface area contributed by atoms with Crippen LogP contribution in [0.1, 0.15) is 0 Å². The zero-order chi connectivity index (χ0) is 30.3. The van der Waals surface area contributed by atoms with Crippen LogP contribution in [-0.4, -0.2) is 81.2 Å². The SMILES string of the molecule is FC(F)(F)C(F)(F)C(F)(F)COB(OCC(F)(F)C(F)(F)C(F)(F)F)OCC(F)(F)C(F)(F)C(F)(F)F. The zero-order valence-electron chi connectivity index (χ0n) is 16.4. The van der Waals surface area contributed by atoms with Crippen molar-refractivity contribution >= 4 is 7.32 Å². The van der Waals surface area contributed by atoms with Gasteiger partial charge in [-0.2, -0.15) is 92.2 Å². The van der Waals surface area contributed by atoms with E-state index in [-0.39, 0.29) is 0 Å². The Bertz CT molecular complexity index is 653. The molecule has 37 heavy (non-hydrogen) atoms. The first-order chi connectivity index (χ1) is 15.8. The number of hydrogen-bond acceptors (Lipinski definition) is 3. The molecule has 0 unspecified atom stereocenters. The summed E-state index contributed by atoms with van der Waals surface area (Å²) >= 11 is 0. The second kappa shape index (κ2) is 10.2. The lowest BCUT2D eigenvalue weighted by molar-refractivity contribution is -0.364. The average Bonchev–Trinajstić information content (AvgIpc) is 2.64. The van der Waals surface area contributed by atoms with Crippen LogP contribution in [0.5, 0.6) is 0 Å². The Hall–Kier alpha value is -1.53. The first-order valence-corrected chi connectivity index (χ1v) is 8.10. The number of hydrogen-bond donors (Lipinski definition) is 0. The lowest BCUT2D eigenvalue weighted by Gasteiger charge is -2.31. The molecule has 222 valence electrons. The second-order valence-electron chi connectivity index (χ2n) is 6.55. The highest BCUT2D eigenvalue weighted by Crippen LogP contribution is 2.49. The predicted octanol–water partition coefficient (Wildman–Crippen LogP) is 6.52. The van der Waals surface area contributed by atoms with Crippen molar-refractivity contribution in [1.29, 1.82) is 0 Å². The van der Waals surface area contributed by atoms with Crippen LogP contribution >= 0.6 is 0 Å². The summed E-state index contributed by atoms with van der Waals surface area (Å²) in [5.74, 6) is -41.0. The van der Waals surface area contributed by atoms with Gasteiger partial charge in [-0.25, -0.2) is 0 Å². The first kappa shape index (κ1) is 35.5. The maximum absolute atomic E-state index is 13.2. The van der Waals surface area contributed by atoms with E-state index in [4.69, 9.17) is 0 Å². The minimum Gasteiger partial charge on any atom is -0.379 e. The van der Waals surface area contributed by atoms with Gasteiger partial charge in [-0.1, -0.05) is 0 Å². The molecule has 0 radical (unpaired) electrons. The molecule has 0 N–H and O–H groups in total. The van der Waals surface area contributed by atoms with E-state index in [9.17, 15) is 92.2 Å². The summed E-state index contributed by atoms with van der Waals surface area (Å²) in [7, 11) is -4.25. The van der Waals surface area contributed by atoms with Crippen molar-refractivity contribution in [2.45, 2.75) is 54.1 Å². The molecule has 0 saturated heterocycles. The van der Waals surface area contributed by atoms with Crippen LogP contribution in [0.4, 0.5) is 92.2 Å². The topological polar surface area (TPSA) is 27.7 Å². The third-order valence-corrected chi connectivity index (χ3v) is 3.65. The summed E-state index contributed by atoms with van der Waals surface area (Å²) in [5.41, 5.74) is 0. The zero-order valence-corrected chi connectivity index (χ0v) is 16.4. The number of halogens is 21. The van der Waals surface area contributed by atoms with E-state index in [1.807, 2.05) is 0 Å². The first-order valence-electron chi connectivity index (χ1n) is 8.10. The molecule has 0 amide bonds. The molecule has 0 spiro atoms. The highest BCUT2D eigenvalue weighted by molar-refractivity contribution is 6.36. The predicted molar refractivity (Wildman–Crippen MR) is 71.5 cm³/mol. The maximum atomic E-state index is 13.2. The molecular formula is C12H6BF21O3. The molecule has 0 bridgehead atoms. The Kier molecular flexibility index (Phi) is 9.80. The number of alkyl halides is 21. The minimum atomic E-state index is -7.14. The fourth-order valence-electron chi connectivity index (χ4n) is 1.56. The van der Waals surface area contributed by atoms with Crippen LogP contribution in [0, 0.1) is 0 Å². The van der Waals surface area contributed by atoms with Crippen LogP contribution in [0.3, 0.4) is 0 Å². The molecule has 0 saturated carbocycles. The van der Waals surface area contributed by atoms with Gasteiger partial charge >= 0.3 is 61.4 Å². The van der Waals surface area contributed by atoms with Gasteiger partial charge in [-0.05, 0) is 0 Å². The Morgan fingerprint density at radius 1 is 0.324 bits per heavy atom. The van der Waals surface area contributed by atoms with E-state index in [0.29, 0.717) is 0 Å². The van der Waals surface area contributed by atoms with E-state index in [0.717, 1.165) is 0 Å². The van der Waals surface area contributed by atoms with Crippen molar-refractivity contribution in [3.63, 3.8) is 0 Å². The molecule has 3 nitrogen and oxygen atoms in total. The molecule has 0 aromatic carbocycles. The summed E-state index contributed by atoms with van der Waals surface area (Å²) < 4.78 is 273. The van der Waals surface area contributed by atoms with Crippen molar-refractivity contribution in [2.75, 3.05) is 19.8 Å². The Morgan fingerprint density at radius 3 is 0.622 bits per heavy atom. The Balaban J connectivity index is 5.97. The van der Waals surface area contributed by atoms with Crippen molar-refractivity contribution in [2.24, 2.45) is 0 Å². The lowest BCUT2D eigenvalue weighted by atomic mass is 10.1. The van der Waals surface area contributed by atoms with Crippen molar-refractivity contribution < 1.29 is 106 Å². The molecule has 0 aliphatic carbocycles. The van der Waals surface area contributed by atoms with Gasteiger partial charge in [0.1, 0.15) is 19.8 Å². The monoisotopic (exact) mass is 608 g/mol. The normalized spacial score (nSPS) is 15.8. The molecule has 0 aromatic rings. The fraction of sp³-hybridized carbons (Fsp3) is 1.00. The summed E-state index contributed by atoms with van der Waals surface area (Å²) in [6.45, 7) is -10.6. The lowest BCUT2D eigenvalue weighted by Crippen LogP contribution is -2.57. The molecular weight excluding hydrogens is 602 g/mol.